The van der Waals surface area contributed by atoms with Crippen LogP contribution in [-0.4, -0.2) is 22.3 Å². The predicted molar refractivity (Wildman–Crippen MR) is 126 cm³/mol. The van der Waals surface area contributed by atoms with E-state index in [1.807, 2.05) is 0 Å². The number of hydrogen-bond acceptors (Lipinski definition) is 2. The third-order valence-electron chi connectivity index (χ3n) is 6.07. The van der Waals surface area contributed by atoms with Gasteiger partial charge in [-0.2, -0.15) is 0 Å². The molecule has 3 heteroatoms. The summed E-state index contributed by atoms with van der Waals surface area (Å²) >= 11 is 0. The summed E-state index contributed by atoms with van der Waals surface area (Å²) < 4.78 is 0. The molecule has 0 saturated heterocycles. The maximum absolute atomic E-state index is 10.4. The molecule has 0 aliphatic rings. The lowest BCUT2D eigenvalue weighted by molar-refractivity contribution is -0.137. The molecule has 29 heavy (non-hydrogen) atoms. The number of aliphatic carboxylic acids is 1. The molecule has 0 rings (SSSR count). The number of hydrogen-bond donors (Lipinski definition) is 2. The molecule has 0 amide bonds. The fourth-order valence-electron chi connectivity index (χ4n) is 4.08. The van der Waals surface area contributed by atoms with Gasteiger partial charge in [0.05, 0.1) is 6.10 Å². The molecule has 0 aliphatic carbocycles. The fraction of sp³-hybridized carbons (Fsp3) is 0.962. The maximum atomic E-state index is 10.4. The molecule has 0 fully saturated rings. The second kappa shape index (κ2) is 23.7. The number of carbonyl (C=O) groups is 1. The van der Waals surface area contributed by atoms with Crippen LogP contribution in [0.25, 0.3) is 0 Å². The van der Waals surface area contributed by atoms with E-state index in [9.17, 15) is 9.90 Å². The lowest BCUT2D eigenvalue weighted by atomic mass is 10.0. The van der Waals surface area contributed by atoms with Crippen molar-refractivity contribution < 1.29 is 15.0 Å². The largest absolute Gasteiger partial charge is 0.481 e. The highest BCUT2D eigenvalue weighted by atomic mass is 16.4. The summed E-state index contributed by atoms with van der Waals surface area (Å²) in [5.74, 6) is -0.674. The van der Waals surface area contributed by atoms with Crippen molar-refractivity contribution >= 4 is 5.97 Å². The fourth-order valence-corrected chi connectivity index (χ4v) is 4.08. The Hall–Kier alpha value is -0.570. The molecule has 3 nitrogen and oxygen atoms in total. The van der Waals surface area contributed by atoms with Gasteiger partial charge in [-0.1, -0.05) is 129 Å². The van der Waals surface area contributed by atoms with Crippen molar-refractivity contribution in [2.24, 2.45) is 0 Å². The molecular formula is C26H52O3. The van der Waals surface area contributed by atoms with Crippen molar-refractivity contribution in [3.63, 3.8) is 0 Å². The van der Waals surface area contributed by atoms with Crippen LogP contribution in [0.4, 0.5) is 0 Å². The van der Waals surface area contributed by atoms with Gasteiger partial charge in [0.1, 0.15) is 0 Å². The zero-order valence-electron chi connectivity index (χ0n) is 19.6. The van der Waals surface area contributed by atoms with Gasteiger partial charge in [-0.25, -0.2) is 0 Å². The number of carboxylic acid groups (broad SMARTS) is 1. The van der Waals surface area contributed by atoms with E-state index in [4.69, 9.17) is 5.11 Å². The van der Waals surface area contributed by atoms with Crippen LogP contribution in [0.2, 0.25) is 0 Å². The first-order valence-electron chi connectivity index (χ1n) is 13.1. The van der Waals surface area contributed by atoms with Crippen molar-refractivity contribution in [3.8, 4) is 0 Å². The third-order valence-corrected chi connectivity index (χ3v) is 6.07. The number of unbranched alkanes of at least 4 members (excludes halogenated alkanes) is 18. The summed E-state index contributed by atoms with van der Waals surface area (Å²) in [5.41, 5.74) is 0. The number of aliphatic hydroxyl groups is 1. The van der Waals surface area contributed by atoms with E-state index in [2.05, 4.69) is 6.92 Å². The number of carboxylic acids is 1. The Balaban J connectivity index is 3.15. The Morgan fingerprint density at radius 3 is 1.21 bits per heavy atom. The minimum atomic E-state index is -0.674. The van der Waals surface area contributed by atoms with Gasteiger partial charge < -0.3 is 10.2 Å². The first-order chi connectivity index (χ1) is 14.2. The minimum Gasteiger partial charge on any atom is -0.481 e. The molecule has 2 N–H and O–H groups in total. The first kappa shape index (κ1) is 28.4. The van der Waals surface area contributed by atoms with E-state index in [0.717, 1.165) is 38.5 Å². The highest BCUT2D eigenvalue weighted by Gasteiger charge is 2.04. The van der Waals surface area contributed by atoms with Gasteiger partial charge >= 0.3 is 5.97 Å². The Labute approximate surface area is 182 Å². The van der Waals surface area contributed by atoms with Crippen molar-refractivity contribution in [1.82, 2.24) is 0 Å². The van der Waals surface area contributed by atoms with E-state index in [0.29, 0.717) is 6.42 Å². The molecule has 0 aromatic rings. The van der Waals surface area contributed by atoms with Crippen molar-refractivity contribution in [2.75, 3.05) is 0 Å². The maximum Gasteiger partial charge on any atom is 0.303 e. The predicted octanol–water partition coefficient (Wildman–Crippen LogP) is 8.42. The highest BCUT2D eigenvalue weighted by molar-refractivity contribution is 5.66. The van der Waals surface area contributed by atoms with E-state index in [1.54, 1.807) is 0 Å². The lowest BCUT2D eigenvalue weighted by Gasteiger charge is -2.10. The van der Waals surface area contributed by atoms with Gasteiger partial charge in [0.2, 0.25) is 0 Å². The molecule has 0 spiro atoms. The van der Waals surface area contributed by atoms with Gasteiger partial charge in [-0.15, -0.1) is 0 Å². The van der Waals surface area contributed by atoms with E-state index in [-0.39, 0.29) is 6.10 Å². The monoisotopic (exact) mass is 412 g/mol. The summed E-state index contributed by atoms with van der Waals surface area (Å²) in [6, 6.07) is 0. The van der Waals surface area contributed by atoms with Gasteiger partial charge in [-0.05, 0) is 19.3 Å². The van der Waals surface area contributed by atoms with Gasteiger partial charge in [-0.3, -0.25) is 4.79 Å². The van der Waals surface area contributed by atoms with Crippen molar-refractivity contribution in [2.45, 2.75) is 161 Å². The summed E-state index contributed by atoms with van der Waals surface area (Å²) in [6.45, 7) is 2.28. The molecular weight excluding hydrogens is 360 g/mol. The van der Waals surface area contributed by atoms with Crippen LogP contribution >= 0.6 is 0 Å². The SMILES string of the molecule is CCCCCCCCCCCCCCC(O)CCCCCCCCCCC(=O)O. The van der Waals surface area contributed by atoms with Crippen LogP contribution in [0.1, 0.15) is 155 Å². The van der Waals surface area contributed by atoms with Crippen molar-refractivity contribution in [1.29, 1.82) is 0 Å². The van der Waals surface area contributed by atoms with Crippen LogP contribution in [-0.2, 0) is 4.79 Å². The molecule has 0 bridgehead atoms. The molecule has 0 aromatic heterocycles. The van der Waals surface area contributed by atoms with Gasteiger partial charge in [0.15, 0.2) is 0 Å². The average Bonchev–Trinajstić information content (AvgIpc) is 2.70. The molecule has 0 saturated carbocycles. The summed E-state index contributed by atoms with van der Waals surface area (Å²) in [7, 11) is 0. The molecule has 0 aromatic carbocycles. The Kier molecular flexibility index (Phi) is 23.2. The van der Waals surface area contributed by atoms with E-state index < -0.39 is 5.97 Å². The molecule has 0 aliphatic heterocycles. The zero-order valence-corrected chi connectivity index (χ0v) is 19.6. The standard InChI is InChI=1S/C26H52O3/c1-2-3-4-5-6-7-8-9-10-13-16-19-22-25(27)23-20-17-14-11-12-15-18-21-24-26(28)29/h25,27H,2-24H2,1H3,(H,28,29). The molecule has 0 radical (unpaired) electrons. The van der Waals surface area contributed by atoms with Crippen LogP contribution in [0.3, 0.4) is 0 Å². The smallest absolute Gasteiger partial charge is 0.303 e. The minimum absolute atomic E-state index is 0.0888. The second-order valence-electron chi connectivity index (χ2n) is 9.09. The topological polar surface area (TPSA) is 57.5 Å². The van der Waals surface area contributed by atoms with E-state index >= 15 is 0 Å². The Bertz CT molecular complexity index is 330. The Morgan fingerprint density at radius 1 is 0.552 bits per heavy atom. The number of aliphatic hydroxyl groups excluding tert-OH is 1. The summed E-state index contributed by atoms with van der Waals surface area (Å²) in [6.07, 6.45) is 27.8. The summed E-state index contributed by atoms with van der Waals surface area (Å²) in [5, 5.41) is 18.7. The lowest BCUT2D eigenvalue weighted by Crippen LogP contribution is -2.05. The molecule has 0 heterocycles. The Morgan fingerprint density at radius 2 is 0.862 bits per heavy atom. The van der Waals surface area contributed by atoms with Crippen LogP contribution in [0, 0.1) is 0 Å². The van der Waals surface area contributed by atoms with Crippen LogP contribution in [0.15, 0.2) is 0 Å². The van der Waals surface area contributed by atoms with Crippen LogP contribution in [0.5, 0.6) is 0 Å². The van der Waals surface area contributed by atoms with E-state index in [1.165, 1.54) is 103 Å². The molecule has 174 valence electrons. The number of rotatable bonds is 24. The van der Waals surface area contributed by atoms with Gasteiger partial charge in [0, 0.05) is 6.42 Å². The third kappa shape index (κ3) is 25.4. The van der Waals surface area contributed by atoms with Crippen molar-refractivity contribution in [3.05, 3.63) is 0 Å². The normalized spacial score (nSPS) is 12.3. The summed E-state index contributed by atoms with van der Waals surface area (Å²) in [4.78, 5) is 10.4. The van der Waals surface area contributed by atoms with Crippen LogP contribution < -0.4 is 0 Å². The molecule has 1 atom stereocenters. The van der Waals surface area contributed by atoms with Gasteiger partial charge in [0.25, 0.3) is 0 Å². The second-order valence-corrected chi connectivity index (χ2v) is 9.09. The molecule has 1 unspecified atom stereocenters. The quantitative estimate of drug-likeness (QED) is 0.156. The highest BCUT2D eigenvalue weighted by Crippen LogP contribution is 2.16. The zero-order chi connectivity index (χ0) is 21.4. The first-order valence-corrected chi connectivity index (χ1v) is 13.1. The average molecular weight is 413 g/mol.